The number of fused-ring (bicyclic) bond motifs is 1. The Kier molecular flexibility index (Phi) is 10.2. The van der Waals surface area contributed by atoms with Crippen molar-refractivity contribution in [1.82, 2.24) is 9.88 Å². The van der Waals surface area contributed by atoms with Gasteiger partial charge in [0.15, 0.2) is 0 Å². The first kappa shape index (κ1) is 26.7. The molecule has 1 N–H and O–H groups in total. The zero-order chi connectivity index (χ0) is 21.6. The number of piperazine rings is 1. The molecule has 0 saturated carbocycles. The molecule has 1 aliphatic rings. The van der Waals surface area contributed by atoms with Crippen molar-refractivity contribution >= 4 is 53.2 Å². The largest absolute Gasteiger partial charge is 0.450 e. The Balaban J connectivity index is 0.00000193. The summed E-state index contributed by atoms with van der Waals surface area (Å²) in [7, 11) is 0. The van der Waals surface area contributed by atoms with E-state index in [1.165, 1.54) is 16.6 Å². The lowest BCUT2D eigenvalue weighted by atomic mass is 10.1. The first-order valence-electron chi connectivity index (χ1n) is 11.0. The van der Waals surface area contributed by atoms with Crippen LogP contribution in [0.4, 0.5) is 16.2 Å². The number of hydrogen-bond donors (Lipinski definition) is 1. The van der Waals surface area contributed by atoms with Crippen LogP contribution in [0.25, 0.3) is 10.9 Å². The van der Waals surface area contributed by atoms with E-state index in [-0.39, 0.29) is 24.8 Å². The second-order valence-electron chi connectivity index (χ2n) is 7.92. The van der Waals surface area contributed by atoms with E-state index in [0.717, 1.165) is 56.0 Å². The average Bonchev–Trinajstić information content (AvgIpc) is 2.78. The van der Waals surface area contributed by atoms with Gasteiger partial charge >= 0.3 is 6.09 Å². The van der Waals surface area contributed by atoms with E-state index in [4.69, 9.17) is 4.74 Å². The van der Waals surface area contributed by atoms with E-state index in [0.29, 0.717) is 6.61 Å². The van der Waals surface area contributed by atoms with Crippen molar-refractivity contribution in [2.75, 3.05) is 49.5 Å². The molecule has 1 fully saturated rings. The van der Waals surface area contributed by atoms with Crippen molar-refractivity contribution in [3.8, 4) is 0 Å². The minimum Gasteiger partial charge on any atom is -0.450 e. The first-order chi connectivity index (χ1) is 15.1. The maximum absolute atomic E-state index is 11.6. The van der Waals surface area contributed by atoms with Crippen LogP contribution in [0.2, 0.25) is 0 Å². The molecule has 33 heavy (non-hydrogen) atoms. The maximum atomic E-state index is 11.6. The van der Waals surface area contributed by atoms with Crippen LogP contribution in [0.1, 0.15) is 18.2 Å². The number of pyridine rings is 1. The second kappa shape index (κ2) is 12.6. The minimum atomic E-state index is -0.408. The van der Waals surface area contributed by atoms with Gasteiger partial charge in [-0.15, -0.1) is 24.8 Å². The summed E-state index contributed by atoms with van der Waals surface area (Å²) >= 11 is 0. The monoisotopic (exact) mass is 490 g/mol. The molecular formula is C25H32Cl2N4O2. The molecule has 4 rings (SSSR count). The molecule has 178 valence electrons. The van der Waals surface area contributed by atoms with E-state index < -0.39 is 6.09 Å². The molecule has 0 unspecified atom stereocenters. The van der Waals surface area contributed by atoms with Crippen molar-refractivity contribution in [2.45, 2.75) is 20.3 Å². The minimum absolute atomic E-state index is 0. The molecule has 1 aliphatic heterocycles. The average molecular weight is 491 g/mol. The molecule has 1 amide bonds. The smallest absolute Gasteiger partial charge is 0.411 e. The number of rotatable bonds is 6. The van der Waals surface area contributed by atoms with Crippen molar-refractivity contribution in [3.63, 3.8) is 0 Å². The predicted molar refractivity (Wildman–Crippen MR) is 140 cm³/mol. The molecule has 0 spiro atoms. The molecule has 0 aliphatic carbocycles. The number of nitrogens with zero attached hydrogens (tertiary/aromatic N) is 3. The van der Waals surface area contributed by atoms with Crippen LogP contribution in [0.5, 0.6) is 0 Å². The summed E-state index contributed by atoms with van der Waals surface area (Å²) in [5.41, 5.74) is 5.39. The van der Waals surface area contributed by atoms with Crippen molar-refractivity contribution in [2.24, 2.45) is 0 Å². The molecular weight excluding hydrogens is 459 g/mol. The topological polar surface area (TPSA) is 57.7 Å². The number of hydrogen-bond acceptors (Lipinski definition) is 5. The summed E-state index contributed by atoms with van der Waals surface area (Å²) in [6.07, 6.45) is 0.546. The number of benzene rings is 2. The van der Waals surface area contributed by atoms with Gasteiger partial charge in [0.25, 0.3) is 0 Å². The lowest BCUT2D eigenvalue weighted by molar-refractivity contribution is 0.168. The molecule has 0 atom stereocenters. The van der Waals surface area contributed by atoms with E-state index in [2.05, 4.69) is 56.5 Å². The number of carbonyl (C=O) groups excluding carboxylic acids is 1. The summed E-state index contributed by atoms with van der Waals surface area (Å²) in [6, 6.07) is 18.7. The summed E-state index contributed by atoms with van der Waals surface area (Å²) < 4.78 is 4.95. The zero-order valence-electron chi connectivity index (χ0n) is 19.1. The van der Waals surface area contributed by atoms with Gasteiger partial charge in [-0.2, -0.15) is 0 Å². The van der Waals surface area contributed by atoms with Crippen LogP contribution in [-0.2, 0) is 11.2 Å². The Bertz CT molecular complexity index is 1060. The highest BCUT2D eigenvalue weighted by molar-refractivity contribution is 5.92. The van der Waals surface area contributed by atoms with Gasteiger partial charge in [-0.3, -0.25) is 15.2 Å². The third kappa shape index (κ3) is 6.97. The van der Waals surface area contributed by atoms with Gasteiger partial charge in [0.1, 0.15) is 0 Å². The van der Waals surface area contributed by atoms with Gasteiger partial charge in [0.2, 0.25) is 0 Å². The SMILES string of the molecule is CCOC(=O)Nc1cccc(CCN2CCN(c3cccc4nc(C)ccc34)CC2)c1.Cl.Cl. The third-order valence-electron chi connectivity index (χ3n) is 5.73. The number of carbonyl (C=O) groups is 1. The van der Waals surface area contributed by atoms with Gasteiger partial charge in [-0.1, -0.05) is 18.2 Å². The number of ether oxygens (including phenoxy) is 1. The van der Waals surface area contributed by atoms with E-state index in [1.807, 2.05) is 25.1 Å². The lowest BCUT2D eigenvalue weighted by Crippen LogP contribution is -2.47. The highest BCUT2D eigenvalue weighted by Gasteiger charge is 2.18. The summed E-state index contributed by atoms with van der Waals surface area (Å²) in [4.78, 5) is 21.3. The van der Waals surface area contributed by atoms with Crippen molar-refractivity contribution in [3.05, 3.63) is 65.9 Å². The molecule has 1 aromatic heterocycles. The number of nitrogens with one attached hydrogen (secondary N) is 1. The Morgan fingerprint density at radius 3 is 2.55 bits per heavy atom. The summed E-state index contributed by atoms with van der Waals surface area (Å²) in [6.45, 7) is 9.31. The fourth-order valence-electron chi connectivity index (χ4n) is 4.11. The molecule has 8 heteroatoms. The van der Waals surface area contributed by atoms with Gasteiger partial charge in [0.05, 0.1) is 12.1 Å². The lowest BCUT2D eigenvalue weighted by Gasteiger charge is -2.36. The van der Waals surface area contributed by atoms with Gasteiger partial charge in [0, 0.05) is 55.2 Å². The van der Waals surface area contributed by atoms with Crippen LogP contribution in [-0.4, -0.2) is 55.3 Å². The molecule has 3 aromatic rings. The highest BCUT2D eigenvalue weighted by atomic mass is 35.5. The van der Waals surface area contributed by atoms with Crippen molar-refractivity contribution in [1.29, 1.82) is 0 Å². The Labute approximate surface area is 208 Å². The highest BCUT2D eigenvalue weighted by Crippen LogP contribution is 2.27. The molecule has 0 bridgehead atoms. The standard InChI is InChI=1S/C25H30N4O2.2ClH/c1-3-31-25(30)27-21-7-4-6-20(18-21)12-13-28-14-16-29(17-15-28)24-9-5-8-23-22(24)11-10-19(2)26-23;;/h4-11,18H,3,12-17H2,1-2H3,(H,27,30);2*1H. The van der Waals surface area contributed by atoms with E-state index >= 15 is 0 Å². The predicted octanol–water partition coefficient (Wildman–Crippen LogP) is 5.32. The van der Waals surface area contributed by atoms with Crippen LogP contribution in [0.15, 0.2) is 54.6 Å². The van der Waals surface area contributed by atoms with Gasteiger partial charge in [-0.05, 0) is 62.2 Å². The fourth-order valence-corrected chi connectivity index (χ4v) is 4.11. The third-order valence-corrected chi connectivity index (χ3v) is 5.73. The van der Waals surface area contributed by atoms with Crippen molar-refractivity contribution < 1.29 is 9.53 Å². The van der Waals surface area contributed by atoms with Gasteiger partial charge in [-0.25, -0.2) is 4.79 Å². The summed E-state index contributed by atoms with van der Waals surface area (Å²) in [5, 5.41) is 4.01. The Morgan fingerprint density at radius 2 is 1.79 bits per heavy atom. The number of amides is 1. The van der Waals surface area contributed by atoms with Crippen LogP contribution < -0.4 is 10.2 Å². The maximum Gasteiger partial charge on any atom is 0.411 e. The van der Waals surface area contributed by atoms with Crippen LogP contribution >= 0.6 is 24.8 Å². The second-order valence-corrected chi connectivity index (χ2v) is 7.92. The van der Waals surface area contributed by atoms with E-state index in [1.54, 1.807) is 6.92 Å². The molecule has 6 nitrogen and oxygen atoms in total. The van der Waals surface area contributed by atoms with Crippen LogP contribution in [0.3, 0.4) is 0 Å². The molecule has 0 radical (unpaired) electrons. The number of halogens is 2. The molecule has 2 aromatic carbocycles. The number of aromatic nitrogens is 1. The first-order valence-corrected chi connectivity index (χ1v) is 11.0. The summed E-state index contributed by atoms with van der Waals surface area (Å²) in [5.74, 6) is 0. The van der Waals surface area contributed by atoms with Gasteiger partial charge < -0.3 is 9.64 Å². The number of aryl methyl sites for hydroxylation is 1. The molecule has 2 heterocycles. The quantitative estimate of drug-likeness (QED) is 0.506. The molecule has 1 saturated heterocycles. The Hall–Kier alpha value is -2.54. The van der Waals surface area contributed by atoms with E-state index in [9.17, 15) is 4.79 Å². The Morgan fingerprint density at radius 1 is 1.03 bits per heavy atom. The van der Waals surface area contributed by atoms with Crippen LogP contribution in [0, 0.1) is 6.92 Å². The fraction of sp³-hybridized carbons (Fsp3) is 0.360. The normalized spacial score (nSPS) is 13.7. The number of anilines is 2. The zero-order valence-corrected chi connectivity index (χ0v) is 20.8.